The van der Waals surface area contributed by atoms with Crippen molar-refractivity contribution in [2.45, 2.75) is 5.54 Å². The van der Waals surface area contributed by atoms with Crippen molar-refractivity contribution in [2.24, 2.45) is 7.05 Å². The summed E-state index contributed by atoms with van der Waals surface area (Å²) in [7, 11) is 1.96. The first-order chi connectivity index (χ1) is 18.7. The third kappa shape index (κ3) is 3.87. The Balaban J connectivity index is 1.53. The van der Waals surface area contributed by atoms with Crippen molar-refractivity contribution in [3.8, 4) is 0 Å². The Hall–Kier alpha value is -4.96. The van der Waals surface area contributed by atoms with Crippen molar-refractivity contribution in [1.29, 1.82) is 0 Å². The molecular weight excluding hydrogens is 466 g/mol. The lowest BCUT2D eigenvalue weighted by Gasteiger charge is -2.38. The van der Waals surface area contributed by atoms with Gasteiger partial charge in [-0.1, -0.05) is 109 Å². The van der Waals surface area contributed by atoms with Crippen molar-refractivity contribution in [3.63, 3.8) is 0 Å². The molecule has 0 bridgehead atoms. The van der Waals surface area contributed by atoms with E-state index >= 15 is 0 Å². The van der Waals surface area contributed by atoms with E-state index in [0.29, 0.717) is 11.4 Å². The summed E-state index contributed by atoms with van der Waals surface area (Å²) in [5, 5.41) is 0.945. The lowest BCUT2D eigenvalue weighted by atomic mass is 9.76. The molecule has 2 aromatic heterocycles. The second-order valence-corrected chi connectivity index (χ2v) is 9.33. The minimum atomic E-state index is -0.692. The average Bonchev–Trinajstić information content (AvgIpc) is 3.59. The number of carbonyl (C=O) groups excluding carboxylic acids is 1. The van der Waals surface area contributed by atoms with Gasteiger partial charge in [-0.25, -0.2) is 4.98 Å². The highest BCUT2D eigenvalue weighted by Gasteiger charge is 2.39. The Kier molecular flexibility index (Phi) is 6.06. The maximum Gasteiger partial charge on any atom is 0.188 e. The normalized spacial score (nSPS) is 11.8. The first-order valence-corrected chi connectivity index (χ1v) is 12.7. The zero-order chi connectivity index (χ0) is 26.0. The SMILES string of the molecule is Cn1cc(C(=O)/C=C/c2nccn2C(c2ccccc2)(c2ccccc2)c2ccccc2)c2ccccc21. The van der Waals surface area contributed by atoms with Gasteiger partial charge in [-0.3, -0.25) is 4.79 Å². The molecule has 0 aliphatic heterocycles. The van der Waals surface area contributed by atoms with Crippen LogP contribution in [0.4, 0.5) is 0 Å². The summed E-state index contributed by atoms with van der Waals surface area (Å²) >= 11 is 0. The quantitative estimate of drug-likeness (QED) is 0.135. The van der Waals surface area contributed by atoms with Gasteiger partial charge >= 0.3 is 0 Å². The second-order valence-electron chi connectivity index (χ2n) is 9.33. The molecule has 2 heterocycles. The van der Waals surface area contributed by atoms with Crippen LogP contribution in [0.1, 0.15) is 32.9 Å². The van der Waals surface area contributed by atoms with Crippen LogP contribution < -0.4 is 0 Å². The van der Waals surface area contributed by atoms with Gasteiger partial charge < -0.3 is 9.13 Å². The number of aromatic nitrogens is 3. The molecule has 38 heavy (non-hydrogen) atoms. The summed E-state index contributed by atoms with van der Waals surface area (Å²) in [4.78, 5) is 18.1. The van der Waals surface area contributed by atoms with Crippen molar-refractivity contribution in [1.82, 2.24) is 14.1 Å². The van der Waals surface area contributed by atoms with Crippen LogP contribution in [0.2, 0.25) is 0 Å². The number of rotatable bonds is 7. The van der Waals surface area contributed by atoms with Crippen molar-refractivity contribution < 1.29 is 4.79 Å². The summed E-state index contributed by atoms with van der Waals surface area (Å²) in [5.74, 6) is 0.635. The number of aryl methyl sites for hydroxylation is 1. The standard InChI is InChI=1S/C34H27N3O/c1-36-25-30(29-19-11-12-20-31(29)36)32(38)21-22-33-35-23-24-37(33)34(26-13-5-2-6-14-26,27-15-7-3-8-16-27)28-17-9-4-10-18-28/h2-25H,1H3/b22-21+. The van der Waals surface area contributed by atoms with Crippen LogP contribution in [0, 0.1) is 0 Å². The summed E-state index contributed by atoms with van der Waals surface area (Å²) in [6.07, 6.45) is 9.15. The Morgan fingerprint density at radius 1 is 0.737 bits per heavy atom. The zero-order valence-corrected chi connectivity index (χ0v) is 21.1. The van der Waals surface area contributed by atoms with Crippen LogP contribution in [0.25, 0.3) is 17.0 Å². The van der Waals surface area contributed by atoms with Gasteiger partial charge in [0.15, 0.2) is 5.78 Å². The van der Waals surface area contributed by atoms with Gasteiger partial charge in [0.1, 0.15) is 11.4 Å². The fraction of sp³-hybridized carbons (Fsp3) is 0.0588. The number of hydrogen-bond donors (Lipinski definition) is 0. The van der Waals surface area contributed by atoms with Gasteiger partial charge in [0.25, 0.3) is 0 Å². The molecule has 0 N–H and O–H groups in total. The molecule has 0 radical (unpaired) electrons. The summed E-state index contributed by atoms with van der Waals surface area (Å²) in [6.45, 7) is 0. The lowest BCUT2D eigenvalue weighted by Crippen LogP contribution is -2.38. The van der Waals surface area contributed by atoms with E-state index in [1.54, 1.807) is 12.3 Å². The fourth-order valence-corrected chi connectivity index (χ4v) is 5.46. The first-order valence-electron chi connectivity index (χ1n) is 12.7. The van der Waals surface area contributed by atoms with Crippen molar-refractivity contribution >= 4 is 22.8 Å². The largest absolute Gasteiger partial charge is 0.350 e. The molecule has 4 aromatic carbocycles. The Morgan fingerprint density at radius 2 is 1.26 bits per heavy atom. The predicted molar refractivity (Wildman–Crippen MR) is 153 cm³/mol. The van der Waals surface area contributed by atoms with E-state index in [0.717, 1.165) is 27.6 Å². The van der Waals surface area contributed by atoms with Crippen molar-refractivity contribution in [3.05, 3.63) is 168 Å². The lowest BCUT2D eigenvalue weighted by molar-refractivity contribution is 0.104. The van der Waals surface area contributed by atoms with Crippen molar-refractivity contribution in [2.75, 3.05) is 0 Å². The van der Waals surface area contributed by atoms with Gasteiger partial charge in [0, 0.05) is 42.1 Å². The molecule has 0 spiro atoms. The van der Waals surface area contributed by atoms with E-state index in [4.69, 9.17) is 4.98 Å². The number of imidazole rings is 1. The van der Waals surface area contributed by atoms with Gasteiger partial charge in [-0.05, 0) is 34.9 Å². The molecule has 6 aromatic rings. The Morgan fingerprint density at radius 3 is 1.84 bits per heavy atom. The van der Waals surface area contributed by atoms with E-state index in [1.807, 2.05) is 72.5 Å². The number of allylic oxidation sites excluding steroid dienone is 1. The fourth-order valence-electron chi connectivity index (χ4n) is 5.46. The molecule has 0 amide bonds. The highest BCUT2D eigenvalue weighted by molar-refractivity contribution is 6.14. The van der Waals surface area contributed by atoms with Crippen LogP contribution in [-0.4, -0.2) is 19.9 Å². The summed E-state index contributed by atoms with van der Waals surface area (Å²) < 4.78 is 4.16. The zero-order valence-electron chi connectivity index (χ0n) is 21.1. The number of para-hydroxylation sites is 1. The summed E-state index contributed by atoms with van der Waals surface area (Å²) in [6, 6.07) is 39.3. The minimum Gasteiger partial charge on any atom is -0.350 e. The number of nitrogens with zero attached hydrogens (tertiary/aromatic N) is 3. The van der Waals surface area contributed by atoms with Gasteiger partial charge in [0.05, 0.1) is 0 Å². The molecule has 0 saturated heterocycles. The van der Waals surface area contributed by atoms with E-state index < -0.39 is 5.54 Å². The second kappa shape index (κ2) is 9.83. The third-order valence-corrected chi connectivity index (χ3v) is 7.15. The molecule has 0 aliphatic rings. The smallest absolute Gasteiger partial charge is 0.188 e. The number of carbonyl (C=O) groups is 1. The third-order valence-electron chi connectivity index (χ3n) is 7.15. The van der Waals surface area contributed by atoms with Crippen LogP contribution in [0.5, 0.6) is 0 Å². The Bertz CT molecular complexity index is 1630. The van der Waals surface area contributed by atoms with Crippen LogP contribution in [0.15, 0.2) is 140 Å². The molecular formula is C34H27N3O. The van der Waals surface area contributed by atoms with E-state index in [2.05, 4.69) is 77.4 Å². The minimum absolute atomic E-state index is 0.0546. The average molecular weight is 494 g/mol. The van der Waals surface area contributed by atoms with Gasteiger partial charge in [-0.15, -0.1) is 0 Å². The monoisotopic (exact) mass is 493 g/mol. The Labute approximate surface area is 222 Å². The van der Waals surface area contributed by atoms with E-state index in [9.17, 15) is 4.79 Å². The molecule has 184 valence electrons. The highest BCUT2D eigenvalue weighted by Crippen LogP contribution is 2.41. The van der Waals surface area contributed by atoms with Gasteiger partial charge in [-0.2, -0.15) is 0 Å². The molecule has 6 rings (SSSR count). The molecule has 4 heteroatoms. The van der Waals surface area contributed by atoms with Gasteiger partial charge in [0.2, 0.25) is 0 Å². The number of benzene rings is 4. The molecule has 0 saturated carbocycles. The van der Waals surface area contributed by atoms with E-state index in [1.165, 1.54) is 0 Å². The highest BCUT2D eigenvalue weighted by atomic mass is 16.1. The number of fused-ring (bicyclic) bond motifs is 1. The molecule has 0 fully saturated rings. The molecule has 0 atom stereocenters. The van der Waals surface area contributed by atoms with Crippen LogP contribution in [0.3, 0.4) is 0 Å². The molecule has 4 nitrogen and oxygen atoms in total. The summed E-state index contributed by atoms with van der Waals surface area (Å²) in [5.41, 5.74) is 4.32. The number of hydrogen-bond acceptors (Lipinski definition) is 2. The maximum atomic E-state index is 13.4. The molecule has 0 unspecified atom stereocenters. The maximum absolute atomic E-state index is 13.4. The van der Waals surface area contributed by atoms with Crippen LogP contribution >= 0.6 is 0 Å². The van der Waals surface area contributed by atoms with Crippen LogP contribution in [-0.2, 0) is 12.6 Å². The predicted octanol–water partition coefficient (Wildman–Crippen LogP) is 7.11. The number of ketones is 1. The van der Waals surface area contributed by atoms with E-state index in [-0.39, 0.29) is 5.78 Å². The first kappa shape index (κ1) is 23.4. The topological polar surface area (TPSA) is 39.8 Å². The molecule has 0 aliphatic carbocycles.